The number of aromatic nitrogens is 1. The highest BCUT2D eigenvalue weighted by atomic mass is 32.2. The van der Waals surface area contributed by atoms with Crippen molar-refractivity contribution in [3.63, 3.8) is 0 Å². The summed E-state index contributed by atoms with van der Waals surface area (Å²) in [4.78, 5) is 15.0. The Balaban J connectivity index is 1.45. The molecule has 0 spiro atoms. The molecular formula is C19H32N4O4S. The number of amides is 1. The van der Waals surface area contributed by atoms with Crippen LogP contribution >= 0.6 is 0 Å². The molecule has 0 aliphatic carbocycles. The van der Waals surface area contributed by atoms with E-state index < -0.39 is 10.0 Å². The summed E-state index contributed by atoms with van der Waals surface area (Å²) in [6, 6.07) is 0. The number of likely N-dealkylation sites (tertiary alicyclic amines) is 1. The Bertz CT molecular complexity index is 756. The summed E-state index contributed by atoms with van der Waals surface area (Å²) in [5.41, 5.74) is 0.381. The van der Waals surface area contributed by atoms with Gasteiger partial charge in [0.2, 0.25) is 15.9 Å². The molecule has 2 fully saturated rings. The van der Waals surface area contributed by atoms with Crippen molar-refractivity contribution in [1.29, 1.82) is 0 Å². The lowest BCUT2D eigenvalue weighted by Gasteiger charge is -2.31. The maximum atomic E-state index is 12.9. The van der Waals surface area contributed by atoms with E-state index in [1.54, 1.807) is 13.8 Å². The first-order chi connectivity index (χ1) is 13.3. The molecule has 8 nitrogen and oxygen atoms in total. The summed E-state index contributed by atoms with van der Waals surface area (Å²) in [6.45, 7) is 6.92. The van der Waals surface area contributed by atoms with Gasteiger partial charge in [-0.15, -0.1) is 0 Å². The van der Waals surface area contributed by atoms with E-state index in [-0.39, 0.29) is 16.7 Å². The molecule has 0 aromatic carbocycles. The lowest BCUT2D eigenvalue weighted by molar-refractivity contribution is -0.126. The first-order valence-electron chi connectivity index (χ1n) is 10.2. The topological polar surface area (TPSA) is 95.8 Å². The second-order valence-corrected chi connectivity index (χ2v) is 10.0. The van der Waals surface area contributed by atoms with Gasteiger partial charge in [-0.3, -0.25) is 4.79 Å². The predicted octanol–water partition coefficient (Wildman–Crippen LogP) is 1.54. The standard InChI is InChI=1S/C19H32N4O4S/c1-14-18(15(2)27-21-14)28(25,26)23-12-7-17(8-13-23)19(24)20-9-4-16-5-10-22(3)11-6-16/h16-17H,4-13H2,1-3H3,(H,20,24). The van der Waals surface area contributed by atoms with Crippen LogP contribution in [0.25, 0.3) is 0 Å². The molecular weight excluding hydrogens is 380 g/mol. The Labute approximate surface area is 167 Å². The maximum Gasteiger partial charge on any atom is 0.248 e. The largest absolute Gasteiger partial charge is 0.360 e. The number of carbonyl (C=O) groups is 1. The van der Waals surface area contributed by atoms with Gasteiger partial charge < -0.3 is 14.7 Å². The zero-order chi connectivity index (χ0) is 20.3. The van der Waals surface area contributed by atoms with Crippen molar-refractivity contribution in [3.05, 3.63) is 11.5 Å². The monoisotopic (exact) mass is 412 g/mol. The highest BCUT2D eigenvalue weighted by Gasteiger charge is 2.35. The van der Waals surface area contributed by atoms with Gasteiger partial charge in [-0.05, 0) is 72.0 Å². The van der Waals surface area contributed by atoms with E-state index in [0.717, 1.165) is 19.5 Å². The van der Waals surface area contributed by atoms with Gasteiger partial charge in [0.15, 0.2) is 5.76 Å². The zero-order valence-electron chi connectivity index (χ0n) is 17.1. The Morgan fingerprint density at radius 2 is 1.79 bits per heavy atom. The van der Waals surface area contributed by atoms with Crippen molar-refractivity contribution in [2.75, 3.05) is 39.8 Å². The van der Waals surface area contributed by atoms with Crippen LogP contribution in [0.3, 0.4) is 0 Å². The fourth-order valence-corrected chi connectivity index (χ4v) is 5.99. The summed E-state index contributed by atoms with van der Waals surface area (Å²) in [5, 5.41) is 6.81. The minimum atomic E-state index is -3.62. The molecule has 1 amide bonds. The molecule has 3 rings (SSSR count). The fraction of sp³-hybridized carbons (Fsp3) is 0.789. The average Bonchev–Trinajstić information content (AvgIpc) is 3.02. The molecule has 0 bridgehead atoms. The minimum absolute atomic E-state index is 0.0577. The highest BCUT2D eigenvalue weighted by molar-refractivity contribution is 7.89. The summed E-state index contributed by atoms with van der Waals surface area (Å²) in [5.74, 6) is 0.945. The fourth-order valence-electron chi connectivity index (χ4n) is 4.22. The van der Waals surface area contributed by atoms with Crippen LogP contribution in [0.4, 0.5) is 0 Å². The Kier molecular flexibility index (Phi) is 6.77. The van der Waals surface area contributed by atoms with Gasteiger partial charge in [0.05, 0.1) is 0 Å². The van der Waals surface area contributed by atoms with Crippen LogP contribution in [0.15, 0.2) is 9.42 Å². The molecule has 0 atom stereocenters. The van der Waals surface area contributed by atoms with Crippen molar-refractivity contribution in [3.8, 4) is 0 Å². The molecule has 3 heterocycles. The lowest BCUT2D eigenvalue weighted by atomic mass is 9.93. The summed E-state index contributed by atoms with van der Waals surface area (Å²) < 4.78 is 32.2. The minimum Gasteiger partial charge on any atom is -0.360 e. The van der Waals surface area contributed by atoms with Crippen LogP contribution in [0, 0.1) is 25.7 Å². The molecule has 2 saturated heterocycles. The van der Waals surface area contributed by atoms with Crippen molar-refractivity contribution in [1.82, 2.24) is 19.7 Å². The van der Waals surface area contributed by atoms with Gasteiger partial charge in [0.1, 0.15) is 10.6 Å². The predicted molar refractivity (Wildman–Crippen MR) is 105 cm³/mol. The van der Waals surface area contributed by atoms with Crippen LogP contribution in [0.5, 0.6) is 0 Å². The SMILES string of the molecule is Cc1noc(C)c1S(=O)(=O)N1CCC(C(=O)NCCC2CCN(C)CC2)CC1. The number of carbonyl (C=O) groups excluding carboxylic acids is 1. The molecule has 28 heavy (non-hydrogen) atoms. The van der Waals surface area contributed by atoms with Crippen molar-refractivity contribution in [2.24, 2.45) is 11.8 Å². The molecule has 2 aliphatic heterocycles. The van der Waals surface area contributed by atoms with E-state index in [9.17, 15) is 13.2 Å². The van der Waals surface area contributed by atoms with Crippen LogP contribution in [0.1, 0.15) is 43.6 Å². The normalized spacial score (nSPS) is 21.1. The van der Waals surface area contributed by atoms with E-state index in [1.807, 2.05) is 0 Å². The van der Waals surface area contributed by atoms with Crippen molar-refractivity contribution >= 4 is 15.9 Å². The van der Waals surface area contributed by atoms with Gasteiger partial charge in [-0.1, -0.05) is 5.16 Å². The van der Waals surface area contributed by atoms with Crippen LogP contribution in [-0.4, -0.2) is 68.5 Å². The summed E-state index contributed by atoms with van der Waals surface area (Å²) in [7, 11) is -1.47. The number of hydrogen-bond acceptors (Lipinski definition) is 6. The highest BCUT2D eigenvalue weighted by Crippen LogP contribution is 2.27. The van der Waals surface area contributed by atoms with E-state index >= 15 is 0 Å². The van der Waals surface area contributed by atoms with Gasteiger partial charge in [0.25, 0.3) is 0 Å². The molecule has 0 saturated carbocycles. The van der Waals surface area contributed by atoms with Crippen molar-refractivity contribution in [2.45, 2.75) is 50.8 Å². The first kappa shape index (κ1) is 21.3. The number of nitrogens with zero attached hydrogens (tertiary/aromatic N) is 3. The average molecular weight is 413 g/mol. The number of nitrogens with one attached hydrogen (secondary N) is 1. The summed E-state index contributed by atoms with van der Waals surface area (Å²) >= 11 is 0. The number of aryl methyl sites for hydroxylation is 2. The molecule has 1 N–H and O–H groups in total. The van der Waals surface area contributed by atoms with E-state index in [2.05, 4.69) is 22.4 Å². The van der Waals surface area contributed by atoms with Gasteiger partial charge in [-0.2, -0.15) is 4.31 Å². The third-order valence-electron chi connectivity index (χ3n) is 6.08. The first-order valence-corrected chi connectivity index (χ1v) is 11.6. The molecule has 9 heteroatoms. The number of rotatable bonds is 6. The third-order valence-corrected chi connectivity index (χ3v) is 8.22. The quantitative estimate of drug-likeness (QED) is 0.761. The molecule has 0 radical (unpaired) electrons. The van der Waals surface area contributed by atoms with E-state index in [4.69, 9.17) is 4.52 Å². The summed E-state index contributed by atoms with van der Waals surface area (Å²) in [6.07, 6.45) is 4.51. The van der Waals surface area contributed by atoms with E-state index in [0.29, 0.717) is 49.8 Å². The second-order valence-electron chi connectivity index (χ2n) is 8.16. The number of sulfonamides is 1. The van der Waals surface area contributed by atoms with Gasteiger partial charge >= 0.3 is 0 Å². The van der Waals surface area contributed by atoms with Crippen LogP contribution in [-0.2, 0) is 14.8 Å². The number of piperidine rings is 2. The Morgan fingerprint density at radius 3 is 2.36 bits per heavy atom. The van der Waals surface area contributed by atoms with E-state index in [1.165, 1.54) is 17.1 Å². The smallest absolute Gasteiger partial charge is 0.248 e. The molecule has 1 aromatic heterocycles. The third kappa shape index (κ3) is 4.75. The van der Waals surface area contributed by atoms with Crippen LogP contribution < -0.4 is 5.32 Å². The Hall–Kier alpha value is -1.45. The molecule has 1 aromatic rings. The van der Waals surface area contributed by atoms with Crippen LogP contribution in [0.2, 0.25) is 0 Å². The van der Waals surface area contributed by atoms with Gasteiger partial charge in [0, 0.05) is 25.6 Å². The number of hydrogen-bond donors (Lipinski definition) is 1. The van der Waals surface area contributed by atoms with Gasteiger partial charge in [-0.25, -0.2) is 8.42 Å². The molecule has 0 unspecified atom stereocenters. The van der Waals surface area contributed by atoms with Crippen molar-refractivity contribution < 1.29 is 17.7 Å². The molecule has 2 aliphatic rings. The second kappa shape index (κ2) is 8.92. The molecule has 158 valence electrons. The Morgan fingerprint density at radius 1 is 1.14 bits per heavy atom. The lowest BCUT2D eigenvalue weighted by Crippen LogP contribution is -2.43. The zero-order valence-corrected chi connectivity index (χ0v) is 17.9. The maximum absolute atomic E-state index is 12.9.